The van der Waals surface area contributed by atoms with Crippen molar-refractivity contribution in [3.63, 3.8) is 0 Å². The molecule has 4 heterocycles. The molecule has 4 aliphatic rings. The van der Waals surface area contributed by atoms with E-state index in [1.54, 1.807) is 4.90 Å². The number of aromatic nitrogens is 1. The number of carbonyl (C=O) groups excluding carboxylic acids is 2. The van der Waals surface area contributed by atoms with E-state index in [0.29, 0.717) is 31.1 Å². The second-order valence-electron chi connectivity index (χ2n) is 12.5. The van der Waals surface area contributed by atoms with E-state index < -0.39 is 5.60 Å². The number of hydrogen-bond donors (Lipinski definition) is 1. The van der Waals surface area contributed by atoms with E-state index in [2.05, 4.69) is 9.80 Å². The molecule has 1 N–H and O–H groups in total. The highest BCUT2D eigenvalue weighted by Gasteiger charge is 2.51. The second-order valence-corrected chi connectivity index (χ2v) is 12.9. The molecule has 3 fully saturated rings. The van der Waals surface area contributed by atoms with E-state index in [0.717, 1.165) is 75.0 Å². The van der Waals surface area contributed by atoms with Crippen molar-refractivity contribution in [2.45, 2.75) is 89.9 Å². The number of piperidine rings is 1. The monoisotopic (exact) mass is 544 g/mol. The highest BCUT2D eigenvalue weighted by Crippen LogP contribution is 2.44. The molecule has 0 radical (unpaired) electrons. The van der Waals surface area contributed by atoms with Crippen molar-refractivity contribution in [2.75, 3.05) is 37.6 Å². The van der Waals surface area contributed by atoms with Gasteiger partial charge in [-0.05, 0) is 89.3 Å². The van der Waals surface area contributed by atoms with Crippen molar-refractivity contribution in [3.8, 4) is 0 Å². The minimum absolute atomic E-state index is 0.215. The highest BCUT2D eigenvalue weighted by atomic mass is 35.5. The molecule has 3 aliphatic heterocycles. The molecule has 0 bridgehead atoms. The lowest BCUT2D eigenvalue weighted by atomic mass is 9.78. The Balaban J connectivity index is 1.24. The van der Waals surface area contributed by atoms with Crippen LogP contribution in [0.4, 0.5) is 10.6 Å². The Hall–Kier alpha value is -2.32. The van der Waals surface area contributed by atoms with Crippen molar-refractivity contribution in [1.29, 1.82) is 0 Å². The van der Waals surface area contributed by atoms with Gasteiger partial charge in [0.05, 0.1) is 16.5 Å². The minimum Gasteiger partial charge on any atom is -0.444 e. The van der Waals surface area contributed by atoms with Crippen LogP contribution in [0.5, 0.6) is 0 Å². The fraction of sp³-hybridized carbons (Fsp3) is 0.690. The molecule has 0 unspecified atom stereocenters. The van der Waals surface area contributed by atoms with E-state index in [4.69, 9.17) is 21.3 Å². The van der Waals surface area contributed by atoms with Crippen molar-refractivity contribution in [3.05, 3.63) is 28.9 Å². The lowest BCUT2D eigenvalue weighted by molar-refractivity contribution is -0.139. The molecule has 2 amide bonds. The summed E-state index contributed by atoms with van der Waals surface area (Å²) in [6.45, 7) is 9.00. The van der Waals surface area contributed by atoms with Crippen molar-refractivity contribution in [2.24, 2.45) is 5.41 Å². The van der Waals surface area contributed by atoms with Crippen LogP contribution in [-0.4, -0.2) is 82.4 Å². The Labute approximate surface area is 231 Å². The number of aliphatic hydroxyl groups is 1. The molecule has 1 spiro atoms. The normalized spacial score (nSPS) is 28.6. The van der Waals surface area contributed by atoms with Crippen LogP contribution in [0.3, 0.4) is 0 Å². The second kappa shape index (κ2) is 10.7. The topological polar surface area (TPSA) is 86.2 Å². The maximum atomic E-state index is 13.7. The van der Waals surface area contributed by atoms with Crippen LogP contribution in [-0.2, 0) is 9.53 Å². The number of aliphatic hydroxyl groups excluding tert-OH is 1. The molecule has 1 saturated carbocycles. The molecule has 1 aromatic rings. The molecule has 1 aliphatic carbocycles. The zero-order valence-electron chi connectivity index (χ0n) is 22.9. The van der Waals surface area contributed by atoms with E-state index in [9.17, 15) is 14.7 Å². The Kier molecular flexibility index (Phi) is 7.66. The van der Waals surface area contributed by atoms with Crippen LogP contribution >= 0.6 is 11.6 Å². The molecule has 5 rings (SSSR count). The lowest BCUT2D eigenvalue weighted by Crippen LogP contribution is -2.50. The number of halogens is 1. The summed E-state index contributed by atoms with van der Waals surface area (Å²) in [5.74, 6) is 1.02. The molecule has 1 aromatic heterocycles. The smallest absolute Gasteiger partial charge is 0.410 e. The average Bonchev–Trinajstić information content (AvgIpc) is 3.18. The summed E-state index contributed by atoms with van der Waals surface area (Å²) in [5, 5.41) is 10.5. The Morgan fingerprint density at radius 3 is 2.58 bits per heavy atom. The molecule has 208 valence electrons. The predicted molar refractivity (Wildman–Crippen MR) is 148 cm³/mol. The van der Waals surface area contributed by atoms with Crippen LogP contribution in [0.25, 0.3) is 5.57 Å². The molecule has 38 heavy (non-hydrogen) atoms. The molecular weight excluding hydrogens is 504 g/mol. The summed E-state index contributed by atoms with van der Waals surface area (Å²) in [4.78, 5) is 36.8. The Morgan fingerprint density at radius 1 is 1.16 bits per heavy atom. The average molecular weight is 545 g/mol. The maximum Gasteiger partial charge on any atom is 0.410 e. The first-order valence-corrected chi connectivity index (χ1v) is 14.5. The minimum atomic E-state index is -0.512. The quantitative estimate of drug-likeness (QED) is 0.583. The van der Waals surface area contributed by atoms with Crippen molar-refractivity contribution < 1.29 is 19.4 Å². The predicted octanol–water partition coefficient (Wildman–Crippen LogP) is 4.88. The first-order valence-electron chi connectivity index (χ1n) is 14.1. The molecule has 1 atom stereocenters. The number of anilines is 1. The number of pyridine rings is 1. The number of nitrogens with zero attached hydrogens (tertiary/aromatic N) is 4. The third kappa shape index (κ3) is 5.67. The van der Waals surface area contributed by atoms with E-state index >= 15 is 0 Å². The number of likely N-dealkylation sites (tertiary alicyclic amines) is 1. The van der Waals surface area contributed by atoms with Gasteiger partial charge in [0.25, 0.3) is 0 Å². The molecule has 2 saturated heterocycles. The van der Waals surface area contributed by atoms with Gasteiger partial charge < -0.3 is 24.5 Å². The Morgan fingerprint density at radius 2 is 1.92 bits per heavy atom. The number of amides is 2. The third-order valence-electron chi connectivity index (χ3n) is 8.58. The van der Waals surface area contributed by atoms with Gasteiger partial charge in [-0.3, -0.25) is 4.79 Å². The van der Waals surface area contributed by atoms with Gasteiger partial charge in [0.1, 0.15) is 11.4 Å². The molecule has 0 aromatic carbocycles. The molecule has 8 nitrogen and oxygen atoms in total. The SMILES string of the molecule is CC(C)(C)OC(=O)N1CC=C(c2cnc(N3CCC[C@@]4(CCN(C5CCC(O)CC5)C4=O)C3)c(Cl)c2)CC1. The maximum absolute atomic E-state index is 13.7. The fourth-order valence-corrected chi connectivity index (χ4v) is 6.81. The van der Waals surface area contributed by atoms with Crippen LogP contribution < -0.4 is 4.90 Å². The van der Waals surface area contributed by atoms with Crippen LogP contribution in [0.1, 0.15) is 77.7 Å². The lowest BCUT2D eigenvalue weighted by Gasteiger charge is -2.41. The van der Waals surface area contributed by atoms with Gasteiger partial charge in [0.15, 0.2) is 0 Å². The number of carbonyl (C=O) groups is 2. The number of ether oxygens (including phenoxy) is 1. The summed E-state index contributed by atoms with van der Waals surface area (Å²) >= 11 is 6.79. The zero-order valence-corrected chi connectivity index (χ0v) is 23.7. The van der Waals surface area contributed by atoms with E-state index in [-0.39, 0.29) is 29.6 Å². The summed E-state index contributed by atoms with van der Waals surface area (Å²) < 4.78 is 5.49. The highest BCUT2D eigenvalue weighted by molar-refractivity contribution is 6.33. The van der Waals surface area contributed by atoms with Gasteiger partial charge in [-0.1, -0.05) is 17.7 Å². The zero-order chi connectivity index (χ0) is 27.1. The summed E-state index contributed by atoms with van der Waals surface area (Å²) in [6.07, 6.45) is 10.2. The molecule has 9 heteroatoms. The Bertz CT molecular complexity index is 1090. The fourth-order valence-electron chi connectivity index (χ4n) is 6.52. The largest absolute Gasteiger partial charge is 0.444 e. The van der Waals surface area contributed by atoms with Gasteiger partial charge >= 0.3 is 6.09 Å². The standard InChI is InChI=1S/C29H41ClN4O4/c1-28(2,3)38-27(37)32-14-9-20(10-15-32)21-17-24(30)25(31-18-21)33-13-4-11-29(19-33)12-16-34(26(29)36)22-5-7-23(35)8-6-22/h9,17-18,22-23,35H,4-8,10-16,19H2,1-3H3/t22?,23?,29-/m1/s1. The van der Waals surface area contributed by atoms with Gasteiger partial charge in [-0.2, -0.15) is 0 Å². The summed E-state index contributed by atoms with van der Waals surface area (Å²) in [6, 6.07) is 2.23. The third-order valence-corrected chi connectivity index (χ3v) is 8.86. The first kappa shape index (κ1) is 27.3. The number of rotatable bonds is 3. The summed E-state index contributed by atoms with van der Waals surface area (Å²) in [7, 11) is 0. The van der Waals surface area contributed by atoms with E-state index in [1.807, 2.05) is 39.1 Å². The first-order chi connectivity index (χ1) is 18.0. The van der Waals surface area contributed by atoms with E-state index in [1.165, 1.54) is 0 Å². The van der Waals surface area contributed by atoms with Crippen molar-refractivity contribution in [1.82, 2.24) is 14.8 Å². The van der Waals surface area contributed by atoms with Crippen LogP contribution in [0.2, 0.25) is 5.02 Å². The van der Waals surface area contributed by atoms with Gasteiger partial charge in [0, 0.05) is 45.0 Å². The van der Waals surface area contributed by atoms with Crippen LogP contribution in [0, 0.1) is 5.41 Å². The van der Waals surface area contributed by atoms with Crippen molar-refractivity contribution >= 4 is 35.0 Å². The number of hydrogen-bond acceptors (Lipinski definition) is 6. The molecular formula is C29H41ClN4O4. The summed E-state index contributed by atoms with van der Waals surface area (Å²) in [5.41, 5.74) is 1.22. The van der Waals surface area contributed by atoms with Gasteiger partial charge in [0.2, 0.25) is 5.91 Å². The van der Waals surface area contributed by atoms with Gasteiger partial charge in [-0.15, -0.1) is 0 Å². The van der Waals surface area contributed by atoms with Gasteiger partial charge in [-0.25, -0.2) is 9.78 Å². The van der Waals surface area contributed by atoms with Crippen LogP contribution in [0.15, 0.2) is 18.3 Å².